The van der Waals surface area contributed by atoms with E-state index in [1.807, 2.05) is 6.92 Å². The highest BCUT2D eigenvalue weighted by Crippen LogP contribution is 2.09. The zero-order valence-electron chi connectivity index (χ0n) is 9.83. The zero-order chi connectivity index (χ0) is 12.7. The first-order valence-corrected chi connectivity index (χ1v) is 5.12. The van der Waals surface area contributed by atoms with E-state index in [1.165, 1.54) is 6.07 Å². The number of anilines is 1. The Kier molecular flexibility index (Phi) is 6.15. The number of carboxylic acid groups (broad SMARTS) is 1. The van der Waals surface area contributed by atoms with Crippen LogP contribution in [0, 0.1) is 18.7 Å². The molecule has 1 aromatic carbocycles. The third-order valence-electron chi connectivity index (χ3n) is 2.23. The highest BCUT2D eigenvalue weighted by molar-refractivity contribution is 5.69. The summed E-state index contributed by atoms with van der Waals surface area (Å²) in [6, 6.07) is 4.65. The van der Waals surface area contributed by atoms with Gasteiger partial charge in [-0.1, -0.05) is 19.9 Å². The number of aryl methyl sites for hydroxylation is 1. The van der Waals surface area contributed by atoms with Gasteiger partial charge in [-0.3, -0.25) is 4.79 Å². The smallest absolute Gasteiger partial charge is 0.306 e. The molecule has 0 spiro atoms. The molecule has 0 bridgehead atoms. The van der Waals surface area contributed by atoms with Crippen LogP contribution in [0.5, 0.6) is 0 Å². The molecule has 0 saturated carbocycles. The average Bonchev–Trinajstić information content (AvgIpc) is 2.23. The van der Waals surface area contributed by atoms with Gasteiger partial charge in [0.25, 0.3) is 0 Å². The fourth-order valence-electron chi connectivity index (χ4n) is 0.784. The molecule has 0 saturated heterocycles. The molecule has 0 fully saturated rings. The van der Waals surface area contributed by atoms with E-state index in [0.29, 0.717) is 11.3 Å². The van der Waals surface area contributed by atoms with Crippen molar-refractivity contribution >= 4 is 11.7 Å². The van der Waals surface area contributed by atoms with Crippen molar-refractivity contribution in [3.8, 4) is 0 Å². The van der Waals surface area contributed by atoms with E-state index in [2.05, 4.69) is 0 Å². The fourth-order valence-corrected chi connectivity index (χ4v) is 0.784. The van der Waals surface area contributed by atoms with Gasteiger partial charge in [-0.25, -0.2) is 4.39 Å². The maximum absolute atomic E-state index is 12.5. The number of aliphatic carboxylic acids is 1. The molecule has 0 aliphatic carbocycles. The largest absolute Gasteiger partial charge is 0.481 e. The number of hydrogen-bond donors (Lipinski definition) is 2. The Morgan fingerprint density at radius 2 is 2.12 bits per heavy atom. The Hall–Kier alpha value is -1.58. The topological polar surface area (TPSA) is 63.3 Å². The highest BCUT2D eigenvalue weighted by atomic mass is 19.1. The molecule has 16 heavy (non-hydrogen) atoms. The lowest BCUT2D eigenvalue weighted by Crippen LogP contribution is -2.06. The molecule has 1 aromatic rings. The lowest BCUT2D eigenvalue weighted by atomic mass is 10.1. The van der Waals surface area contributed by atoms with E-state index in [4.69, 9.17) is 10.8 Å². The minimum atomic E-state index is -0.706. The van der Waals surface area contributed by atoms with E-state index in [0.717, 1.165) is 6.42 Å². The molecule has 0 amide bonds. The molecule has 1 unspecified atom stereocenters. The second-order valence-electron chi connectivity index (χ2n) is 3.66. The maximum Gasteiger partial charge on any atom is 0.306 e. The molecule has 1 atom stereocenters. The SMILES string of the molecule is CCC(C)C(=O)O.Cc1ccc(N)cc1F. The van der Waals surface area contributed by atoms with Crippen LogP contribution in [-0.2, 0) is 4.79 Å². The first kappa shape index (κ1) is 14.4. The lowest BCUT2D eigenvalue weighted by Gasteiger charge is -1.96. The van der Waals surface area contributed by atoms with Crippen LogP contribution in [0.25, 0.3) is 0 Å². The minimum absolute atomic E-state index is 0.181. The number of benzene rings is 1. The van der Waals surface area contributed by atoms with Crippen LogP contribution in [-0.4, -0.2) is 11.1 Å². The third kappa shape index (κ3) is 5.34. The molecule has 0 heterocycles. The van der Waals surface area contributed by atoms with Gasteiger partial charge in [-0.2, -0.15) is 0 Å². The molecular weight excluding hydrogens is 209 g/mol. The molecule has 3 nitrogen and oxygen atoms in total. The summed E-state index contributed by atoms with van der Waals surface area (Å²) >= 11 is 0. The molecule has 3 N–H and O–H groups in total. The lowest BCUT2D eigenvalue weighted by molar-refractivity contribution is -0.141. The summed E-state index contributed by atoms with van der Waals surface area (Å²) < 4.78 is 12.5. The molecule has 0 aliphatic heterocycles. The van der Waals surface area contributed by atoms with E-state index < -0.39 is 5.97 Å². The van der Waals surface area contributed by atoms with Gasteiger partial charge in [0.05, 0.1) is 5.92 Å². The molecule has 4 heteroatoms. The Labute approximate surface area is 95.1 Å². The predicted octanol–water partition coefficient (Wildman–Crippen LogP) is 2.83. The molecule has 1 rings (SSSR count). The average molecular weight is 227 g/mol. The maximum atomic E-state index is 12.5. The van der Waals surface area contributed by atoms with Crippen LogP contribution in [0.4, 0.5) is 10.1 Å². The Morgan fingerprint density at radius 3 is 2.38 bits per heavy atom. The van der Waals surface area contributed by atoms with E-state index in [1.54, 1.807) is 26.0 Å². The quantitative estimate of drug-likeness (QED) is 0.763. The van der Waals surface area contributed by atoms with Crippen LogP contribution in [0.1, 0.15) is 25.8 Å². The van der Waals surface area contributed by atoms with Gasteiger partial charge >= 0.3 is 5.97 Å². The van der Waals surface area contributed by atoms with Crippen LogP contribution >= 0.6 is 0 Å². The van der Waals surface area contributed by atoms with Crippen molar-refractivity contribution in [2.24, 2.45) is 5.92 Å². The molecule has 0 aromatic heterocycles. The van der Waals surface area contributed by atoms with Crippen molar-refractivity contribution in [1.29, 1.82) is 0 Å². The van der Waals surface area contributed by atoms with Gasteiger partial charge in [-0.05, 0) is 31.0 Å². The van der Waals surface area contributed by atoms with E-state index in [-0.39, 0.29) is 11.7 Å². The normalized spacial score (nSPS) is 11.2. The fraction of sp³-hybridized carbons (Fsp3) is 0.417. The van der Waals surface area contributed by atoms with Crippen LogP contribution < -0.4 is 5.73 Å². The van der Waals surface area contributed by atoms with Gasteiger partial charge in [0, 0.05) is 5.69 Å². The molecule has 90 valence electrons. The van der Waals surface area contributed by atoms with Crippen LogP contribution in [0.3, 0.4) is 0 Å². The van der Waals surface area contributed by atoms with Gasteiger partial charge in [0.15, 0.2) is 0 Å². The number of halogens is 1. The van der Waals surface area contributed by atoms with Crippen molar-refractivity contribution in [3.05, 3.63) is 29.6 Å². The number of hydrogen-bond acceptors (Lipinski definition) is 2. The standard InChI is InChI=1S/C7H8FN.C5H10O2/c1-5-2-3-6(9)4-7(5)8;1-3-4(2)5(6)7/h2-4H,9H2,1H3;4H,3H2,1-2H3,(H,6,7). The summed E-state index contributed by atoms with van der Waals surface area (Å²) in [4.78, 5) is 9.93. The van der Waals surface area contributed by atoms with Gasteiger partial charge in [-0.15, -0.1) is 0 Å². The van der Waals surface area contributed by atoms with Gasteiger partial charge in [0.2, 0.25) is 0 Å². The highest BCUT2D eigenvalue weighted by Gasteiger charge is 2.05. The van der Waals surface area contributed by atoms with Crippen molar-refractivity contribution in [1.82, 2.24) is 0 Å². The second kappa shape index (κ2) is 6.82. The third-order valence-corrected chi connectivity index (χ3v) is 2.23. The minimum Gasteiger partial charge on any atom is -0.481 e. The summed E-state index contributed by atoms with van der Waals surface area (Å²) in [7, 11) is 0. The Morgan fingerprint density at radius 1 is 1.56 bits per heavy atom. The predicted molar refractivity (Wildman–Crippen MR) is 62.6 cm³/mol. The van der Waals surface area contributed by atoms with Crippen LogP contribution in [0.15, 0.2) is 18.2 Å². The number of carboxylic acids is 1. The summed E-state index contributed by atoms with van der Waals surface area (Å²) in [5.74, 6) is -1.13. The monoisotopic (exact) mass is 227 g/mol. The van der Waals surface area contributed by atoms with Crippen molar-refractivity contribution in [2.45, 2.75) is 27.2 Å². The Balaban J connectivity index is 0.000000293. The molecular formula is C12H18FNO2. The van der Waals surface area contributed by atoms with Crippen molar-refractivity contribution in [2.75, 3.05) is 5.73 Å². The van der Waals surface area contributed by atoms with Crippen molar-refractivity contribution in [3.63, 3.8) is 0 Å². The summed E-state index contributed by atoms with van der Waals surface area (Å²) in [5.41, 5.74) is 6.39. The summed E-state index contributed by atoms with van der Waals surface area (Å²) in [6.07, 6.45) is 0.718. The number of carbonyl (C=O) groups is 1. The van der Waals surface area contributed by atoms with E-state index >= 15 is 0 Å². The van der Waals surface area contributed by atoms with Gasteiger partial charge in [0.1, 0.15) is 5.82 Å². The van der Waals surface area contributed by atoms with Crippen LogP contribution in [0.2, 0.25) is 0 Å². The first-order valence-electron chi connectivity index (χ1n) is 5.12. The van der Waals surface area contributed by atoms with Gasteiger partial charge < -0.3 is 10.8 Å². The molecule has 0 aliphatic rings. The van der Waals surface area contributed by atoms with E-state index in [9.17, 15) is 9.18 Å². The summed E-state index contributed by atoms with van der Waals surface area (Å²) in [5, 5.41) is 8.18. The Bertz CT molecular complexity index is 353. The molecule has 0 radical (unpaired) electrons. The zero-order valence-corrected chi connectivity index (χ0v) is 9.83. The van der Waals surface area contributed by atoms with Crippen molar-refractivity contribution < 1.29 is 14.3 Å². The summed E-state index contributed by atoms with van der Waals surface area (Å²) in [6.45, 7) is 5.26. The number of nitrogens with two attached hydrogens (primary N) is 1. The first-order chi connectivity index (χ1) is 7.38. The number of rotatable bonds is 2. The number of nitrogen functional groups attached to an aromatic ring is 1. The second-order valence-corrected chi connectivity index (χ2v) is 3.66.